The summed E-state index contributed by atoms with van der Waals surface area (Å²) in [5.41, 5.74) is 7.67. The predicted octanol–water partition coefficient (Wildman–Crippen LogP) is 5.69. The Bertz CT molecular complexity index is 1300. The fourth-order valence-electron chi connectivity index (χ4n) is 4.98. The molecule has 0 saturated heterocycles. The van der Waals surface area contributed by atoms with E-state index in [1.54, 1.807) is 12.1 Å². The van der Waals surface area contributed by atoms with Crippen molar-refractivity contribution in [1.29, 1.82) is 0 Å². The van der Waals surface area contributed by atoms with Crippen LogP contribution >= 0.6 is 11.6 Å². The van der Waals surface area contributed by atoms with Crippen molar-refractivity contribution in [3.05, 3.63) is 106 Å². The molecule has 6 nitrogen and oxygen atoms in total. The minimum absolute atomic E-state index is 0.167. The van der Waals surface area contributed by atoms with Crippen LogP contribution in [0.3, 0.4) is 0 Å². The Morgan fingerprint density at radius 2 is 1.92 bits per heavy atom. The first kappa shape index (κ1) is 24.3. The van der Waals surface area contributed by atoms with E-state index in [4.69, 9.17) is 21.6 Å². The number of hydrogen-bond acceptors (Lipinski definition) is 5. The Balaban J connectivity index is 1.28. The number of aliphatic imine (C=N–C) groups is 1. The van der Waals surface area contributed by atoms with Gasteiger partial charge in [-0.15, -0.1) is 0 Å². The van der Waals surface area contributed by atoms with Gasteiger partial charge in [0.2, 0.25) is 0 Å². The number of carbonyl (C=O) groups is 1. The van der Waals surface area contributed by atoms with E-state index in [0.717, 1.165) is 43.6 Å². The number of rotatable bonds is 8. The maximum Gasteiger partial charge on any atom is 0.251 e. The average Bonchev–Trinajstić information content (AvgIpc) is 3.31. The van der Waals surface area contributed by atoms with Crippen molar-refractivity contribution in [2.24, 2.45) is 4.99 Å². The van der Waals surface area contributed by atoms with Crippen LogP contribution < -0.4 is 5.32 Å². The standard InChI is InChI=1S/C29H30ClN5O/c1-20-7-12-25(34-20)19-35(26-6-2-4-23-5-3-14-32-28(23)26)18-22-10-8-21(9-11-22)17-33-29(36)24-13-15-31-27(30)16-24/h3,5,7-11,13-16,26H,2,4,6,12,17-19H2,1H3,(H,33,36). The molecule has 1 N–H and O–H groups in total. The molecule has 0 bridgehead atoms. The molecule has 2 aliphatic rings. The van der Waals surface area contributed by atoms with Crippen molar-refractivity contribution in [2.45, 2.75) is 51.7 Å². The first-order valence-corrected chi connectivity index (χ1v) is 12.8. The van der Waals surface area contributed by atoms with E-state index in [1.807, 2.05) is 12.3 Å². The van der Waals surface area contributed by atoms with Gasteiger partial charge < -0.3 is 5.32 Å². The number of aryl methyl sites for hydroxylation is 1. The highest BCUT2D eigenvalue weighted by atomic mass is 35.5. The monoisotopic (exact) mass is 499 g/mol. The molecule has 36 heavy (non-hydrogen) atoms. The van der Waals surface area contributed by atoms with Gasteiger partial charge in [0.05, 0.1) is 11.7 Å². The lowest BCUT2D eigenvalue weighted by Gasteiger charge is -2.35. The maximum absolute atomic E-state index is 12.4. The Labute approximate surface area is 217 Å². The highest BCUT2D eigenvalue weighted by Gasteiger charge is 2.28. The zero-order chi connectivity index (χ0) is 24.9. The fourth-order valence-corrected chi connectivity index (χ4v) is 5.16. The van der Waals surface area contributed by atoms with Crippen molar-refractivity contribution >= 4 is 23.2 Å². The molecular weight excluding hydrogens is 470 g/mol. The van der Waals surface area contributed by atoms with Crippen LogP contribution in [0.25, 0.3) is 0 Å². The Morgan fingerprint density at radius 3 is 2.69 bits per heavy atom. The minimum atomic E-state index is -0.167. The van der Waals surface area contributed by atoms with Crippen LogP contribution in [-0.4, -0.2) is 33.0 Å². The molecule has 0 saturated carbocycles. The van der Waals surface area contributed by atoms with E-state index >= 15 is 0 Å². The summed E-state index contributed by atoms with van der Waals surface area (Å²) in [7, 11) is 0. The maximum atomic E-state index is 12.4. The molecule has 1 amide bonds. The number of pyridine rings is 2. The molecule has 184 valence electrons. The van der Waals surface area contributed by atoms with Crippen LogP contribution in [0.4, 0.5) is 0 Å². The van der Waals surface area contributed by atoms with E-state index < -0.39 is 0 Å². The number of aromatic nitrogens is 2. The van der Waals surface area contributed by atoms with Gasteiger partial charge in [-0.25, -0.2) is 4.98 Å². The van der Waals surface area contributed by atoms with Crippen molar-refractivity contribution < 1.29 is 4.79 Å². The number of carbonyl (C=O) groups excluding carboxylic acids is 1. The number of nitrogens with one attached hydrogen (secondary N) is 1. The number of benzene rings is 1. The lowest BCUT2D eigenvalue weighted by atomic mass is 9.90. The molecule has 0 radical (unpaired) electrons. The van der Waals surface area contributed by atoms with Gasteiger partial charge in [-0.3, -0.25) is 19.7 Å². The Kier molecular flexibility index (Phi) is 7.54. The molecule has 7 heteroatoms. The lowest BCUT2D eigenvalue weighted by Crippen LogP contribution is -2.35. The average molecular weight is 500 g/mol. The van der Waals surface area contributed by atoms with Crippen LogP contribution in [0.15, 0.2) is 77.7 Å². The highest BCUT2D eigenvalue weighted by molar-refractivity contribution is 6.29. The third-order valence-electron chi connectivity index (χ3n) is 6.81. The van der Waals surface area contributed by atoms with Crippen LogP contribution in [0.1, 0.15) is 65.0 Å². The third kappa shape index (κ3) is 5.89. The summed E-state index contributed by atoms with van der Waals surface area (Å²) in [5.74, 6) is -0.167. The topological polar surface area (TPSA) is 70.5 Å². The molecule has 1 aliphatic heterocycles. The summed E-state index contributed by atoms with van der Waals surface area (Å²) in [6, 6.07) is 16.2. The first-order chi connectivity index (χ1) is 17.5. The van der Waals surface area contributed by atoms with Crippen molar-refractivity contribution in [2.75, 3.05) is 6.54 Å². The minimum Gasteiger partial charge on any atom is -0.348 e. The van der Waals surface area contributed by atoms with Gasteiger partial charge in [0, 0.05) is 55.4 Å². The van der Waals surface area contributed by atoms with Gasteiger partial charge in [0.25, 0.3) is 5.91 Å². The molecule has 5 rings (SSSR count). The van der Waals surface area contributed by atoms with Gasteiger partial charge in [0.1, 0.15) is 5.15 Å². The lowest BCUT2D eigenvalue weighted by molar-refractivity contribution is 0.0951. The summed E-state index contributed by atoms with van der Waals surface area (Å²) < 4.78 is 0. The Hall–Kier alpha value is -3.35. The summed E-state index contributed by atoms with van der Waals surface area (Å²) in [6.07, 6.45) is 9.94. The smallest absolute Gasteiger partial charge is 0.251 e. The van der Waals surface area contributed by atoms with Gasteiger partial charge >= 0.3 is 0 Å². The zero-order valence-corrected chi connectivity index (χ0v) is 21.2. The van der Waals surface area contributed by atoms with Gasteiger partial charge in [-0.05, 0) is 61.1 Å². The number of halogens is 1. The molecule has 3 aromatic rings. The first-order valence-electron chi connectivity index (χ1n) is 12.4. The highest BCUT2D eigenvalue weighted by Crippen LogP contribution is 2.34. The van der Waals surface area contributed by atoms with Gasteiger partial charge in [-0.1, -0.05) is 48.0 Å². The van der Waals surface area contributed by atoms with E-state index in [2.05, 4.69) is 58.5 Å². The molecule has 0 spiro atoms. The second kappa shape index (κ2) is 11.1. The molecule has 1 aromatic carbocycles. The molecule has 0 fully saturated rings. The largest absolute Gasteiger partial charge is 0.348 e. The molecule has 1 unspecified atom stereocenters. The summed E-state index contributed by atoms with van der Waals surface area (Å²) >= 11 is 5.90. The molecular formula is C29H30ClN5O. The number of fused-ring (bicyclic) bond motifs is 1. The van der Waals surface area contributed by atoms with Crippen LogP contribution in [0, 0.1) is 0 Å². The quantitative estimate of drug-likeness (QED) is 0.404. The summed E-state index contributed by atoms with van der Waals surface area (Å²) in [6.45, 7) is 4.17. The SMILES string of the molecule is CC1=CCC(CN(Cc2ccc(CNC(=O)c3ccnc(Cl)c3)cc2)C2CCCc3cccnc32)=N1. The summed E-state index contributed by atoms with van der Waals surface area (Å²) in [4.78, 5) is 28.4. The molecule has 3 heterocycles. The molecule has 1 atom stereocenters. The van der Waals surface area contributed by atoms with Gasteiger partial charge in [0.15, 0.2) is 0 Å². The molecule has 2 aromatic heterocycles. The van der Waals surface area contributed by atoms with E-state index in [9.17, 15) is 4.79 Å². The second-order valence-electron chi connectivity index (χ2n) is 9.45. The van der Waals surface area contributed by atoms with Crippen molar-refractivity contribution in [3.8, 4) is 0 Å². The van der Waals surface area contributed by atoms with Crippen LogP contribution in [-0.2, 0) is 19.5 Å². The van der Waals surface area contributed by atoms with E-state index in [-0.39, 0.29) is 11.9 Å². The van der Waals surface area contributed by atoms with Crippen LogP contribution in [0.5, 0.6) is 0 Å². The van der Waals surface area contributed by atoms with Gasteiger partial charge in [-0.2, -0.15) is 0 Å². The normalized spacial score (nSPS) is 16.9. The van der Waals surface area contributed by atoms with E-state index in [1.165, 1.54) is 35.2 Å². The Morgan fingerprint density at radius 1 is 1.08 bits per heavy atom. The van der Waals surface area contributed by atoms with Crippen molar-refractivity contribution in [3.63, 3.8) is 0 Å². The van der Waals surface area contributed by atoms with E-state index in [0.29, 0.717) is 17.3 Å². The predicted molar refractivity (Wildman–Crippen MR) is 143 cm³/mol. The molecule has 1 aliphatic carbocycles. The number of nitrogens with zero attached hydrogens (tertiary/aromatic N) is 4. The number of amides is 1. The van der Waals surface area contributed by atoms with Crippen molar-refractivity contribution in [1.82, 2.24) is 20.2 Å². The van der Waals surface area contributed by atoms with Crippen LogP contribution in [0.2, 0.25) is 5.15 Å². The number of allylic oxidation sites excluding steroid dienone is 2. The second-order valence-corrected chi connectivity index (χ2v) is 9.84. The summed E-state index contributed by atoms with van der Waals surface area (Å²) in [5, 5.41) is 3.26. The zero-order valence-electron chi connectivity index (χ0n) is 20.5. The number of hydrogen-bond donors (Lipinski definition) is 1. The third-order valence-corrected chi connectivity index (χ3v) is 7.02. The fraction of sp³-hybridized carbons (Fsp3) is 0.310.